The van der Waals surface area contributed by atoms with Crippen LogP contribution < -0.4 is 0 Å². The first-order chi connectivity index (χ1) is 7.38. The Morgan fingerprint density at radius 1 is 1.47 bits per heavy atom. The van der Waals surface area contributed by atoms with E-state index in [9.17, 15) is 0 Å². The van der Waals surface area contributed by atoms with Crippen LogP contribution in [-0.2, 0) is 4.74 Å². The average molecular weight is 208 g/mol. The molecule has 1 atom stereocenters. The average Bonchev–Trinajstić information content (AvgIpc) is 2.67. The third-order valence-electron chi connectivity index (χ3n) is 2.95. The molecule has 0 saturated carbocycles. The van der Waals surface area contributed by atoms with Gasteiger partial charge in [0.1, 0.15) is 0 Å². The number of allylic oxidation sites excluding steroid dienone is 2. The van der Waals surface area contributed by atoms with Crippen LogP contribution in [0.1, 0.15) is 52.4 Å². The van der Waals surface area contributed by atoms with Crippen LogP contribution in [-0.4, -0.2) is 12.7 Å². The molecule has 0 amide bonds. The van der Waals surface area contributed by atoms with Gasteiger partial charge in [0.15, 0.2) is 0 Å². The molecule has 15 heavy (non-hydrogen) atoms. The Labute approximate surface area is 94.2 Å². The summed E-state index contributed by atoms with van der Waals surface area (Å²) in [5.74, 6) is 0. The lowest BCUT2D eigenvalue weighted by Crippen LogP contribution is -2.12. The van der Waals surface area contributed by atoms with E-state index in [1.807, 2.05) is 6.92 Å². The normalized spacial score (nSPS) is 21.2. The molecular weight excluding hydrogens is 184 g/mol. The van der Waals surface area contributed by atoms with Gasteiger partial charge >= 0.3 is 0 Å². The van der Waals surface area contributed by atoms with Crippen molar-refractivity contribution >= 4 is 0 Å². The highest BCUT2D eigenvalue weighted by molar-refractivity contribution is 5.14. The topological polar surface area (TPSA) is 9.23 Å². The molecule has 0 fully saturated rings. The lowest BCUT2D eigenvalue weighted by molar-refractivity contribution is 0.0988. The molecule has 86 valence electrons. The van der Waals surface area contributed by atoms with Gasteiger partial charge in [-0.2, -0.15) is 0 Å². The lowest BCUT2D eigenvalue weighted by Gasteiger charge is -2.14. The van der Waals surface area contributed by atoms with Gasteiger partial charge in [0.25, 0.3) is 0 Å². The van der Waals surface area contributed by atoms with E-state index < -0.39 is 0 Å². The van der Waals surface area contributed by atoms with Crippen molar-refractivity contribution in [2.75, 3.05) is 6.61 Å². The van der Waals surface area contributed by atoms with Gasteiger partial charge in [-0.15, -0.1) is 0 Å². The van der Waals surface area contributed by atoms with E-state index in [4.69, 9.17) is 4.74 Å². The van der Waals surface area contributed by atoms with Crippen LogP contribution in [0.5, 0.6) is 0 Å². The van der Waals surface area contributed by atoms with Gasteiger partial charge in [-0.1, -0.05) is 38.0 Å². The molecule has 0 N–H and O–H groups in total. The van der Waals surface area contributed by atoms with Gasteiger partial charge in [0.05, 0.1) is 12.7 Å². The molecule has 0 aliphatic heterocycles. The van der Waals surface area contributed by atoms with Crippen LogP contribution in [0, 0.1) is 0 Å². The van der Waals surface area contributed by atoms with Crippen molar-refractivity contribution in [1.82, 2.24) is 0 Å². The molecule has 0 spiro atoms. The van der Waals surface area contributed by atoms with E-state index in [1.54, 1.807) is 5.57 Å². The molecule has 0 unspecified atom stereocenters. The van der Waals surface area contributed by atoms with Crippen molar-refractivity contribution in [2.45, 2.75) is 58.5 Å². The third kappa shape index (κ3) is 4.65. The van der Waals surface area contributed by atoms with Gasteiger partial charge in [0.2, 0.25) is 0 Å². The standard InChI is InChI=1S/C14H24O/c1-3-5-7-9-13-10-8-11-14(13)15-12-6-4-2/h4,6,10,14H,3,5,7-9,11-12H2,1-2H3/t14-/m0/s1. The largest absolute Gasteiger partial charge is 0.370 e. The Balaban J connectivity index is 2.22. The van der Waals surface area contributed by atoms with Crippen LogP contribution >= 0.6 is 0 Å². The summed E-state index contributed by atoms with van der Waals surface area (Å²) >= 11 is 0. The summed E-state index contributed by atoms with van der Waals surface area (Å²) in [5.41, 5.74) is 1.55. The van der Waals surface area contributed by atoms with Gasteiger partial charge < -0.3 is 4.74 Å². The molecule has 0 heterocycles. The molecule has 1 nitrogen and oxygen atoms in total. The zero-order valence-electron chi connectivity index (χ0n) is 10.2. The van der Waals surface area contributed by atoms with Gasteiger partial charge in [-0.3, -0.25) is 0 Å². The summed E-state index contributed by atoms with van der Waals surface area (Å²) in [6, 6.07) is 0. The molecule has 0 aromatic rings. The van der Waals surface area contributed by atoms with E-state index in [2.05, 4.69) is 25.2 Å². The summed E-state index contributed by atoms with van der Waals surface area (Å²) in [7, 11) is 0. The minimum absolute atomic E-state index is 0.415. The third-order valence-corrected chi connectivity index (χ3v) is 2.95. The second kappa shape index (κ2) is 7.70. The van der Waals surface area contributed by atoms with E-state index >= 15 is 0 Å². The van der Waals surface area contributed by atoms with E-state index in [1.165, 1.54) is 38.5 Å². The molecule has 1 aliphatic carbocycles. The molecule has 0 aromatic heterocycles. The Morgan fingerprint density at radius 3 is 3.07 bits per heavy atom. The van der Waals surface area contributed by atoms with Crippen LogP contribution in [0.15, 0.2) is 23.8 Å². The number of hydrogen-bond acceptors (Lipinski definition) is 1. The maximum absolute atomic E-state index is 5.83. The fourth-order valence-corrected chi connectivity index (χ4v) is 2.04. The molecule has 1 heteroatoms. The quantitative estimate of drug-likeness (QED) is 0.449. The Kier molecular flexibility index (Phi) is 6.42. The molecular formula is C14H24O. The second-order valence-corrected chi connectivity index (χ2v) is 4.20. The van der Waals surface area contributed by atoms with E-state index in [-0.39, 0.29) is 0 Å². The monoisotopic (exact) mass is 208 g/mol. The first kappa shape index (κ1) is 12.5. The van der Waals surface area contributed by atoms with Crippen molar-refractivity contribution in [3.8, 4) is 0 Å². The van der Waals surface area contributed by atoms with Gasteiger partial charge in [-0.25, -0.2) is 0 Å². The van der Waals surface area contributed by atoms with Crippen LogP contribution in [0.3, 0.4) is 0 Å². The zero-order valence-corrected chi connectivity index (χ0v) is 10.2. The summed E-state index contributed by atoms with van der Waals surface area (Å²) in [6.45, 7) is 5.06. The molecule has 1 rings (SSSR count). The maximum Gasteiger partial charge on any atom is 0.0792 e. The molecule has 0 radical (unpaired) electrons. The number of ether oxygens (including phenoxy) is 1. The van der Waals surface area contributed by atoms with E-state index in [0.29, 0.717) is 6.10 Å². The van der Waals surface area contributed by atoms with Crippen molar-refractivity contribution in [3.05, 3.63) is 23.8 Å². The summed E-state index contributed by atoms with van der Waals surface area (Å²) < 4.78 is 5.83. The summed E-state index contributed by atoms with van der Waals surface area (Å²) in [6.07, 6.45) is 14.6. The first-order valence-corrected chi connectivity index (χ1v) is 6.30. The fourth-order valence-electron chi connectivity index (χ4n) is 2.04. The molecule has 1 aliphatic rings. The lowest BCUT2D eigenvalue weighted by atomic mass is 10.1. The number of unbranched alkanes of at least 4 members (excludes halogenated alkanes) is 2. The highest BCUT2D eigenvalue weighted by Crippen LogP contribution is 2.26. The number of hydrogen-bond donors (Lipinski definition) is 0. The van der Waals surface area contributed by atoms with Crippen molar-refractivity contribution in [3.63, 3.8) is 0 Å². The Hall–Kier alpha value is -0.560. The van der Waals surface area contributed by atoms with Crippen LogP contribution in [0.25, 0.3) is 0 Å². The highest BCUT2D eigenvalue weighted by atomic mass is 16.5. The highest BCUT2D eigenvalue weighted by Gasteiger charge is 2.18. The minimum atomic E-state index is 0.415. The fraction of sp³-hybridized carbons (Fsp3) is 0.714. The Bertz CT molecular complexity index is 215. The summed E-state index contributed by atoms with van der Waals surface area (Å²) in [4.78, 5) is 0. The smallest absolute Gasteiger partial charge is 0.0792 e. The van der Waals surface area contributed by atoms with Crippen molar-refractivity contribution in [2.24, 2.45) is 0 Å². The predicted molar refractivity (Wildman–Crippen MR) is 66.0 cm³/mol. The zero-order chi connectivity index (χ0) is 10.9. The van der Waals surface area contributed by atoms with Gasteiger partial charge in [-0.05, 0) is 38.2 Å². The predicted octanol–water partition coefficient (Wildman–Crippen LogP) is 4.25. The van der Waals surface area contributed by atoms with Crippen molar-refractivity contribution in [1.29, 1.82) is 0 Å². The van der Waals surface area contributed by atoms with Crippen molar-refractivity contribution < 1.29 is 4.74 Å². The first-order valence-electron chi connectivity index (χ1n) is 6.30. The molecule has 0 bridgehead atoms. The van der Waals surface area contributed by atoms with Crippen LogP contribution in [0.4, 0.5) is 0 Å². The summed E-state index contributed by atoms with van der Waals surface area (Å²) in [5, 5.41) is 0. The molecule has 0 aromatic carbocycles. The Morgan fingerprint density at radius 2 is 2.33 bits per heavy atom. The molecule has 0 saturated heterocycles. The van der Waals surface area contributed by atoms with E-state index in [0.717, 1.165) is 6.61 Å². The minimum Gasteiger partial charge on any atom is -0.370 e. The maximum atomic E-state index is 5.83. The number of rotatable bonds is 7. The SMILES string of the molecule is CC=CCO[C@H]1CCC=C1CCCCC. The van der Waals surface area contributed by atoms with Crippen LogP contribution in [0.2, 0.25) is 0 Å². The van der Waals surface area contributed by atoms with Gasteiger partial charge in [0, 0.05) is 0 Å². The second-order valence-electron chi connectivity index (χ2n) is 4.20.